The van der Waals surface area contributed by atoms with Gasteiger partial charge in [0.2, 0.25) is 0 Å². The van der Waals surface area contributed by atoms with Gasteiger partial charge in [-0.2, -0.15) is 11.8 Å². The molecule has 0 amide bonds. The first-order chi connectivity index (χ1) is 9.93. The Morgan fingerprint density at radius 2 is 1.70 bits per heavy atom. The normalized spacial score (nSPS) is 36.9. The van der Waals surface area contributed by atoms with E-state index in [0.29, 0.717) is 0 Å². The van der Waals surface area contributed by atoms with E-state index in [1.807, 2.05) is 0 Å². The van der Waals surface area contributed by atoms with Crippen molar-refractivity contribution in [3.63, 3.8) is 0 Å². The summed E-state index contributed by atoms with van der Waals surface area (Å²) in [7, 11) is 0. The molecule has 0 spiro atoms. The second-order valence-electron chi connectivity index (χ2n) is 7.08. The Kier molecular flexibility index (Phi) is 6.11. The minimum Gasteiger partial charge on any atom is -0.314 e. The Labute approximate surface area is 129 Å². The molecular weight excluding hydrogens is 264 g/mol. The Bertz CT molecular complexity index is 272. The molecule has 2 aliphatic heterocycles. The summed E-state index contributed by atoms with van der Waals surface area (Å²) in [6.07, 6.45) is 12.9. The Morgan fingerprint density at radius 3 is 2.50 bits per heavy atom. The van der Waals surface area contributed by atoms with Gasteiger partial charge in [-0.3, -0.25) is 0 Å². The van der Waals surface area contributed by atoms with Crippen LogP contribution in [0.4, 0.5) is 0 Å². The lowest BCUT2D eigenvalue weighted by Gasteiger charge is -2.40. The third-order valence-electron chi connectivity index (χ3n) is 5.69. The number of thioether (sulfide) groups is 1. The van der Waals surface area contributed by atoms with Crippen molar-refractivity contribution in [3.05, 3.63) is 0 Å². The number of hydrogen-bond donors (Lipinski definition) is 2. The summed E-state index contributed by atoms with van der Waals surface area (Å²) in [5.74, 6) is 4.65. The molecule has 2 saturated heterocycles. The predicted octanol–water partition coefficient (Wildman–Crippen LogP) is 3.42. The van der Waals surface area contributed by atoms with Gasteiger partial charge < -0.3 is 10.6 Å². The van der Waals surface area contributed by atoms with E-state index >= 15 is 0 Å². The highest BCUT2D eigenvalue weighted by Gasteiger charge is 2.32. The summed E-state index contributed by atoms with van der Waals surface area (Å²) in [5, 5.41) is 7.80. The van der Waals surface area contributed by atoms with E-state index < -0.39 is 0 Å². The van der Waals surface area contributed by atoms with Crippen LogP contribution in [0, 0.1) is 11.8 Å². The molecule has 0 aromatic rings. The maximum atomic E-state index is 3.99. The van der Waals surface area contributed by atoms with Crippen molar-refractivity contribution in [1.29, 1.82) is 0 Å². The smallest absolute Gasteiger partial charge is 0.0110 e. The summed E-state index contributed by atoms with van der Waals surface area (Å²) in [4.78, 5) is 0. The molecule has 3 aliphatic rings. The molecule has 1 aliphatic carbocycles. The van der Waals surface area contributed by atoms with Crippen LogP contribution in [0.2, 0.25) is 0 Å². The molecular formula is C17H32N2S. The zero-order valence-electron chi connectivity index (χ0n) is 12.9. The zero-order valence-corrected chi connectivity index (χ0v) is 13.7. The molecule has 0 aromatic heterocycles. The molecule has 2 nitrogen and oxygen atoms in total. The van der Waals surface area contributed by atoms with Gasteiger partial charge in [-0.15, -0.1) is 0 Å². The molecule has 2 heterocycles. The summed E-state index contributed by atoms with van der Waals surface area (Å²) < 4.78 is 0. The third-order valence-corrected chi connectivity index (χ3v) is 6.74. The van der Waals surface area contributed by atoms with Crippen LogP contribution in [0.5, 0.6) is 0 Å². The second-order valence-corrected chi connectivity index (χ2v) is 8.30. The van der Waals surface area contributed by atoms with Crippen molar-refractivity contribution >= 4 is 11.8 Å². The molecule has 3 unspecified atom stereocenters. The van der Waals surface area contributed by atoms with E-state index in [1.54, 1.807) is 0 Å². The van der Waals surface area contributed by atoms with Gasteiger partial charge in [0, 0.05) is 12.1 Å². The molecule has 1 saturated carbocycles. The molecule has 3 fully saturated rings. The molecule has 3 atom stereocenters. The van der Waals surface area contributed by atoms with Gasteiger partial charge in [0.15, 0.2) is 0 Å². The average molecular weight is 297 g/mol. The zero-order chi connectivity index (χ0) is 13.6. The lowest BCUT2D eigenvalue weighted by molar-refractivity contribution is 0.176. The minimum absolute atomic E-state index is 0.800. The van der Waals surface area contributed by atoms with E-state index in [1.165, 1.54) is 82.4 Å². The fraction of sp³-hybridized carbons (Fsp3) is 1.00. The van der Waals surface area contributed by atoms with Crippen LogP contribution in [0.25, 0.3) is 0 Å². The van der Waals surface area contributed by atoms with Crippen LogP contribution in [-0.2, 0) is 0 Å². The molecule has 0 radical (unpaired) electrons. The lowest BCUT2D eigenvalue weighted by atomic mass is 9.77. The number of nitrogens with one attached hydrogen (secondary N) is 2. The first-order valence-corrected chi connectivity index (χ1v) is 10.1. The average Bonchev–Trinajstić information content (AvgIpc) is 2.55. The van der Waals surface area contributed by atoms with E-state index in [-0.39, 0.29) is 0 Å². The second kappa shape index (κ2) is 8.05. The number of piperidine rings is 1. The van der Waals surface area contributed by atoms with E-state index in [9.17, 15) is 0 Å². The fourth-order valence-electron chi connectivity index (χ4n) is 4.41. The Hall–Kier alpha value is 0.270. The first kappa shape index (κ1) is 15.2. The predicted molar refractivity (Wildman–Crippen MR) is 89.4 cm³/mol. The Balaban J connectivity index is 1.49. The lowest BCUT2D eigenvalue weighted by Crippen LogP contribution is -2.51. The maximum absolute atomic E-state index is 3.99. The van der Waals surface area contributed by atoms with Crippen molar-refractivity contribution in [1.82, 2.24) is 10.6 Å². The van der Waals surface area contributed by atoms with Crippen LogP contribution < -0.4 is 10.6 Å². The van der Waals surface area contributed by atoms with Gasteiger partial charge >= 0.3 is 0 Å². The monoisotopic (exact) mass is 296 g/mol. The largest absolute Gasteiger partial charge is 0.314 e. The van der Waals surface area contributed by atoms with Crippen molar-refractivity contribution in [2.24, 2.45) is 11.8 Å². The third kappa shape index (κ3) is 4.14. The summed E-state index contributed by atoms with van der Waals surface area (Å²) >= 11 is 2.15. The molecule has 3 rings (SSSR count). The van der Waals surface area contributed by atoms with Crippen molar-refractivity contribution in [2.75, 3.05) is 24.6 Å². The highest BCUT2D eigenvalue weighted by atomic mass is 32.2. The van der Waals surface area contributed by atoms with E-state index in [2.05, 4.69) is 22.4 Å². The fourth-order valence-corrected chi connectivity index (χ4v) is 5.61. The van der Waals surface area contributed by atoms with Crippen LogP contribution >= 0.6 is 11.8 Å². The first-order valence-electron chi connectivity index (χ1n) is 8.98. The van der Waals surface area contributed by atoms with Gasteiger partial charge in [-0.1, -0.05) is 19.3 Å². The molecule has 0 bridgehead atoms. The Morgan fingerprint density at radius 1 is 0.900 bits per heavy atom. The van der Waals surface area contributed by atoms with Crippen LogP contribution in [0.3, 0.4) is 0 Å². The summed E-state index contributed by atoms with van der Waals surface area (Å²) in [5.41, 5.74) is 0. The van der Waals surface area contributed by atoms with Crippen LogP contribution in [0.15, 0.2) is 0 Å². The van der Waals surface area contributed by atoms with Crippen molar-refractivity contribution in [3.8, 4) is 0 Å². The SMILES string of the molecule is C1CCC(C2CCCCC2NCC2CCSCC2)NC1. The minimum atomic E-state index is 0.800. The molecule has 3 heteroatoms. The molecule has 20 heavy (non-hydrogen) atoms. The van der Waals surface area contributed by atoms with Gasteiger partial charge in [0.1, 0.15) is 0 Å². The van der Waals surface area contributed by atoms with Crippen molar-refractivity contribution in [2.45, 2.75) is 69.9 Å². The van der Waals surface area contributed by atoms with E-state index in [4.69, 9.17) is 0 Å². The van der Waals surface area contributed by atoms with Crippen LogP contribution in [-0.4, -0.2) is 36.7 Å². The highest BCUT2D eigenvalue weighted by molar-refractivity contribution is 7.99. The maximum Gasteiger partial charge on any atom is 0.0110 e. The van der Waals surface area contributed by atoms with Crippen LogP contribution in [0.1, 0.15) is 57.8 Å². The van der Waals surface area contributed by atoms with Crippen molar-refractivity contribution < 1.29 is 0 Å². The van der Waals surface area contributed by atoms with Gasteiger partial charge in [-0.25, -0.2) is 0 Å². The number of hydrogen-bond acceptors (Lipinski definition) is 3. The van der Waals surface area contributed by atoms with Gasteiger partial charge in [-0.05, 0) is 75.0 Å². The topological polar surface area (TPSA) is 24.1 Å². The molecule has 0 aromatic carbocycles. The van der Waals surface area contributed by atoms with Gasteiger partial charge in [0.05, 0.1) is 0 Å². The van der Waals surface area contributed by atoms with Gasteiger partial charge in [0.25, 0.3) is 0 Å². The highest BCUT2D eigenvalue weighted by Crippen LogP contribution is 2.31. The quantitative estimate of drug-likeness (QED) is 0.831. The molecule has 2 N–H and O–H groups in total. The summed E-state index contributed by atoms with van der Waals surface area (Å²) in [6.45, 7) is 2.54. The standard InChI is InChI=1S/C17H32N2S/c1-2-6-17(19-13-14-8-11-20-12-9-14)15(5-1)16-7-3-4-10-18-16/h14-19H,1-13H2. The number of rotatable bonds is 4. The van der Waals surface area contributed by atoms with E-state index in [0.717, 1.165) is 23.9 Å². The molecule has 116 valence electrons. The summed E-state index contributed by atoms with van der Waals surface area (Å²) in [6, 6.07) is 1.61.